The lowest BCUT2D eigenvalue weighted by atomic mass is 9.97. The van der Waals surface area contributed by atoms with Crippen molar-refractivity contribution in [2.24, 2.45) is 0 Å². The van der Waals surface area contributed by atoms with E-state index in [1.807, 2.05) is 66.7 Å². The van der Waals surface area contributed by atoms with Crippen LogP contribution >= 0.6 is 0 Å². The Kier molecular flexibility index (Phi) is 7.42. The third-order valence-electron chi connectivity index (χ3n) is 10.7. The minimum atomic E-state index is 0.592. The van der Waals surface area contributed by atoms with Gasteiger partial charge in [-0.05, 0) is 70.8 Å². The molecule has 5 heteroatoms. The van der Waals surface area contributed by atoms with Crippen molar-refractivity contribution in [2.75, 3.05) is 0 Å². The summed E-state index contributed by atoms with van der Waals surface area (Å²) in [6.07, 6.45) is 0. The van der Waals surface area contributed by atoms with Crippen LogP contribution < -0.4 is 0 Å². The number of fused-ring (bicyclic) bond motifs is 6. The van der Waals surface area contributed by atoms with E-state index in [1.54, 1.807) is 0 Å². The van der Waals surface area contributed by atoms with Crippen molar-refractivity contribution in [2.45, 2.75) is 0 Å². The molecule has 56 heavy (non-hydrogen) atoms. The SMILES string of the molecule is c1ccc(-c2ccc3c(c2)c2ccc(-c4cccc5oc6cc(-c7nc(-c8ccccc8)nc(-c8ccccc8)n7)ccc6c45)cc2n3-c2ccccc2)cc1. The molecule has 0 fully saturated rings. The maximum absolute atomic E-state index is 6.61. The summed E-state index contributed by atoms with van der Waals surface area (Å²) in [6.45, 7) is 0. The Bertz CT molecular complexity index is 3170. The highest BCUT2D eigenvalue weighted by Crippen LogP contribution is 2.41. The largest absolute Gasteiger partial charge is 0.456 e. The topological polar surface area (TPSA) is 56.7 Å². The Morgan fingerprint density at radius 3 is 1.59 bits per heavy atom. The fourth-order valence-electron chi connectivity index (χ4n) is 8.00. The van der Waals surface area contributed by atoms with E-state index in [9.17, 15) is 0 Å². The Morgan fingerprint density at radius 2 is 0.911 bits per heavy atom. The second kappa shape index (κ2) is 13.0. The van der Waals surface area contributed by atoms with Gasteiger partial charge in [-0.15, -0.1) is 0 Å². The van der Waals surface area contributed by atoms with Gasteiger partial charge in [-0.3, -0.25) is 0 Å². The lowest BCUT2D eigenvalue weighted by Gasteiger charge is -2.10. The van der Waals surface area contributed by atoms with Gasteiger partial charge in [0.2, 0.25) is 0 Å². The number of rotatable bonds is 6. The lowest BCUT2D eigenvalue weighted by Crippen LogP contribution is -2.00. The van der Waals surface area contributed by atoms with E-state index >= 15 is 0 Å². The maximum Gasteiger partial charge on any atom is 0.164 e. The first-order valence-electron chi connectivity index (χ1n) is 18.8. The monoisotopic (exact) mass is 716 g/mol. The number of para-hydroxylation sites is 1. The number of furan rings is 1. The van der Waals surface area contributed by atoms with Crippen molar-refractivity contribution in [1.82, 2.24) is 19.5 Å². The van der Waals surface area contributed by atoms with Gasteiger partial charge in [0, 0.05) is 43.9 Å². The maximum atomic E-state index is 6.61. The summed E-state index contributed by atoms with van der Waals surface area (Å²) < 4.78 is 8.99. The van der Waals surface area contributed by atoms with Crippen LogP contribution in [0.4, 0.5) is 0 Å². The van der Waals surface area contributed by atoms with Crippen LogP contribution in [0.25, 0.3) is 106 Å². The zero-order valence-electron chi connectivity index (χ0n) is 30.2. The second-order valence-electron chi connectivity index (χ2n) is 14.0. The molecule has 11 rings (SSSR count). The molecule has 0 bridgehead atoms. The van der Waals surface area contributed by atoms with E-state index < -0.39 is 0 Å². The first-order chi connectivity index (χ1) is 27.7. The molecule has 0 spiro atoms. The molecule has 3 heterocycles. The molecule has 3 aromatic heterocycles. The highest BCUT2D eigenvalue weighted by molar-refractivity contribution is 6.15. The van der Waals surface area contributed by atoms with Gasteiger partial charge in [-0.25, -0.2) is 15.0 Å². The molecule has 5 nitrogen and oxygen atoms in total. The van der Waals surface area contributed by atoms with Crippen molar-refractivity contribution in [3.63, 3.8) is 0 Å². The number of nitrogens with zero attached hydrogens (tertiary/aromatic N) is 4. The number of aromatic nitrogens is 4. The van der Waals surface area contributed by atoms with E-state index in [-0.39, 0.29) is 0 Å². The summed E-state index contributed by atoms with van der Waals surface area (Å²) >= 11 is 0. The summed E-state index contributed by atoms with van der Waals surface area (Å²) in [5.74, 6) is 1.84. The molecule has 0 aliphatic rings. The Labute approximate surface area is 322 Å². The van der Waals surface area contributed by atoms with E-state index in [2.05, 4.69) is 132 Å². The lowest BCUT2D eigenvalue weighted by molar-refractivity contribution is 0.669. The van der Waals surface area contributed by atoms with Crippen LogP contribution in [0.15, 0.2) is 199 Å². The highest BCUT2D eigenvalue weighted by atomic mass is 16.3. The molecule has 0 unspecified atom stereocenters. The molecular formula is C51H32N4O. The highest BCUT2D eigenvalue weighted by Gasteiger charge is 2.19. The molecule has 0 amide bonds. The second-order valence-corrected chi connectivity index (χ2v) is 14.0. The van der Waals surface area contributed by atoms with Crippen molar-refractivity contribution in [1.29, 1.82) is 0 Å². The summed E-state index contributed by atoms with van der Waals surface area (Å²) in [4.78, 5) is 14.8. The van der Waals surface area contributed by atoms with Crippen LogP contribution in [-0.4, -0.2) is 19.5 Å². The molecule has 0 aliphatic heterocycles. The van der Waals surface area contributed by atoms with Gasteiger partial charge in [0.05, 0.1) is 11.0 Å². The molecule has 262 valence electrons. The van der Waals surface area contributed by atoms with Crippen LogP contribution in [0.1, 0.15) is 0 Å². The van der Waals surface area contributed by atoms with Crippen molar-refractivity contribution < 1.29 is 4.42 Å². The quantitative estimate of drug-likeness (QED) is 0.172. The normalized spacial score (nSPS) is 11.6. The average Bonchev–Trinajstić information content (AvgIpc) is 3.82. The zero-order chi connectivity index (χ0) is 37.0. The van der Waals surface area contributed by atoms with Crippen LogP contribution in [0.2, 0.25) is 0 Å². The predicted molar refractivity (Wildman–Crippen MR) is 229 cm³/mol. The molecule has 0 saturated heterocycles. The van der Waals surface area contributed by atoms with Gasteiger partial charge < -0.3 is 8.98 Å². The molecular weight excluding hydrogens is 685 g/mol. The summed E-state index contributed by atoms with van der Waals surface area (Å²) in [5.41, 5.74) is 12.4. The standard InChI is InChI=1S/C51H32N4O/c1-5-14-33(15-6-1)36-26-29-44-43(30-36)41-27-24-37(31-45(41)55(44)39-20-11-4-12-21-39)40-22-13-23-46-48(40)42-28-25-38(32-47(42)56-46)51-53-49(34-16-7-2-8-17-34)52-50(54-51)35-18-9-3-10-19-35/h1-32H. The third-order valence-corrected chi connectivity index (χ3v) is 10.7. The number of hydrogen-bond acceptors (Lipinski definition) is 4. The smallest absolute Gasteiger partial charge is 0.164 e. The van der Waals surface area contributed by atoms with Crippen LogP contribution in [0, 0.1) is 0 Å². The molecule has 0 N–H and O–H groups in total. The van der Waals surface area contributed by atoms with Gasteiger partial charge in [-0.1, -0.05) is 146 Å². The zero-order valence-corrected chi connectivity index (χ0v) is 30.2. The van der Waals surface area contributed by atoms with Crippen LogP contribution in [0.3, 0.4) is 0 Å². The molecule has 0 saturated carbocycles. The van der Waals surface area contributed by atoms with E-state index in [0.29, 0.717) is 17.5 Å². The minimum absolute atomic E-state index is 0.592. The molecule has 0 aliphatic carbocycles. The van der Waals surface area contributed by atoms with Gasteiger partial charge in [0.25, 0.3) is 0 Å². The molecule has 0 radical (unpaired) electrons. The van der Waals surface area contributed by atoms with Gasteiger partial charge in [0.15, 0.2) is 17.5 Å². The van der Waals surface area contributed by atoms with E-state index in [4.69, 9.17) is 19.4 Å². The Balaban J connectivity index is 1.07. The van der Waals surface area contributed by atoms with Crippen LogP contribution in [-0.2, 0) is 0 Å². The van der Waals surface area contributed by atoms with Crippen LogP contribution in [0.5, 0.6) is 0 Å². The van der Waals surface area contributed by atoms with Gasteiger partial charge in [-0.2, -0.15) is 0 Å². The van der Waals surface area contributed by atoms with Crippen molar-refractivity contribution in [3.05, 3.63) is 194 Å². The van der Waals surface area contributed by atoms with Crippen molar-refractivity contribution in [3.8, 4) is 62.1 Å². The van der Waals surface area contributed by atoms with E-state index in [1.165, 1.54) is 27.4 Å². The average molecular weight is 717 g/mol. The fourth-order valence-corrected chi connectivity index (χ4v) is 8.00. The number of benzene rings is 8. The van der Waals surface area contributed by atoms with Gasteiger partial charge in [0.1, 0.15) is 11.2 Å². The van der Waals surface area contributed by atoms with Gasteiger partial charge >= 0.3 is 0 Å². The predicted octanol–water partition coefficient (Wildman–Crippen LogP) is 13.2. The summed E-state index contributed by atoms with van der Waals surface area (Å²) in [7, 11) is 0. The summed E-state index contributed by atoms with van der Waals surface area (Å²) in [5, 5.41) is 4.55. The molecule has 11 aromatic rings. The minimum Gasteiger partial charge on any atom is -0.456 e. The molecule has 8 aromatic carbocycles. The first kappa shape index (κ1) is 31.9. The Morgan fingerprint density at radius 1 is 0.339 bits per heavy atom. The summed E-state index contributed by atoms with van der Waals surface area (Å²) in [6, 6.07) is 67.6. The third kappa shape index (κ3) is 5.37. The van der Waals surface area contributed by atoms with Crippen molar-refractivity contribution >= 4 is 43.7 Å². The Hall–Kier alpha value is -7.63. The van der Waals surface area contributed by atoms with E-state index in [0.717, 1.165) is 61.0 Å². The number of hydrogen-bond donors (Lipinski definition) is 0. The molecule has 0 atom stereocenters. The first-order valence-corrected chi connectivity index (χ1v) is 18.8. The fraction of sp³-hybridized carbons (Fsp3) is 0.